The topological polar surface area (TPSA) is 35.2 Å². The summed E-state index contributed by atoms with van der Waals surface area (Å²) in [6.45, 7) is 7.36. The Morgan fingerprint density at radius 2 is 2.06 bits per heavy atom. The third-order valence-electron chi connectivity index (χ3n) is 2.55. The van der Waals surface area contributed by atoms with Gasteiger partial charge < -0.3 is 10.5 Å². The molecule has 0 heterocycles. The van der Waals surface area contributed by atoms with Gasteiger partial charge in [0.25, 0.3) is 0 Å². The maximum atomic E-state index is 6.06. The van der Waals surface area contributed by atoms with Crippen LogP contribution in [-0.2, 0) is 0 Å². The number of halogens is 1. The van der Waals surface area contributed by atoms with E-state index in [1.165, 1.54) is 0 Å². The molecule has 0 aliphatic carbocycles. The van der Waals surface area contributed by atoms with E-state index in [-0.39, 0.29) is 0 Å². The predicted molar refractivity (Wildman–Crippen MR) is 81.5 cm³/mol. The molecule has 0 spiro atoms. The quantitative estimate of drug-likeness (QED) is 0.651. The molecular weight excluding hydrogens is 266 g/mol. The molecule has 0 atom stereocenters. The Morgan fingerprint density at radius 1 is 1.39 bits per heavy atom. The maximum Gasteiger partial charge on any atom is 0.120 e. The molecule has 100 valence electrons. The normalized spacial score (nSPS) is 11.3. The minimum absolute atomic E-state index is 0.305. The van der Waals surface area contributed by atoms with E-state index in [2.05, 4.69) is 20.8 Å². The molecule has 0 unspecified atom stereocenters. The highest BCUT2D eigenvalue weighted by atomic mass is 35.5. The molecule has 0 bridgehead atoms. The van der Waals surface area contributed by atoms with Crippen molar-refractivity contribution in [3.8, 4) is 5.75 Å². The molecule has 1 aromatic carbocycles. The maximum absolute atomic E-state index is 6.06. The van der Waals surface area contributed by atoms with Gasteiger partial charge in [-0.05, 0) is 36.5 Å². The lowest BCUT2D eigenvalue weighted by Gasteiger charge is -2.17. The van der Waals surface area contributed by atoms with Crippen LogP contribution in [0.25, 0.3) is 0 Å². The summed E-state index contributed by atoms with van der Waals surface area (Å²) in [6.07, 6.45) is 2.16. The lowest BCUT2D eigenvalue weighted by molar-refractivity contribution is 0.269. The van der Waals surface area contributed by atoms with Crippen LogP contribution in [0.1, 0.15) is 39.2 Å². The third-order valence-corrected chi connectivity index (χ3v) is 3.08. The number of hydrogen-bond acceptors (Lipinski definition) is 2. The summed E-state index contributed by atoms with van der Waals surface area (Å²) in [5.74, 6) is 0.758. The van der Waals surface area contributed by atoms with Gasteiger partial charge in [0.15, 0.2) is 0 Å². The highest BCUT2D eigenvalue weighted by Gasteiger charge is 2.09. The molecule has 0 aliphatic rings. The second kappa shape index (κ2) is 6.39. The van der Waals surface area contributed by atoms with Crippen LogP contribution in [0.2, 0.25) is 5.02 Å². The molecule has 0 amide bonds. The molecule has 0 saturated carbocycles. The van der Waals surface area contributed by atoms with E-state index >= 15 is 0 Å². The largest absolute Gasteiger partial charge is 0.494 e. The predicted octanol–water partition coefficient (Wildman–Crippen LogP) is 4.18. The SMILES string of the molecule is CC(C)(C)CCCOc1ccc(C(N)=S)c(Cl)c1. The standard InChI is InChI=1S/C14H20ClNOS/c1-14(2,3)7-4-8-17-10-5-6-11(13(16)18)12(15)9-10/h5-6,9H,4,7-8H2,1-3H3,(H2,16,18). The fourth-order valence-electron chi connectivity index (χ4n) is 1.58. The van der Waals surface area contributed by atoms with Crippen LogP contribution >= 0.6 is 23.8 Å². The van der Waals surface area contributed by atoms with Crippen LogP contribution in [0.4, 0.5) is 0 Å². The summed E-state index contributed by atoms with van der Waals surface area (Å²) >= 11 is 11.0. The molecule has 0 fully saturated rings. The summed E-state index contributed by atoms with van der Waals surface area (Å²) in [7, 11) is 0. The van der Waals surface area contributed by atoms with E-state index < -0.39 is 0 Å². The Labute approximate surface area is 119 Å². The molecule has 18 heavy (non-hydrogen) atoms. The van der Waals surface area contributed by atoms with Crippen LogP contribution < -0.4 is 10.5 Å². The highest BCUT2D eigenvalue weighted by molar-refractivity contribution is 7.80. The van der Waals surface area contributed by atoms with Crippen LogP contribution in [0, 0.1) is 5.41 Å². The number of benzene rings is 1. The van der Waals surface area contributed by atoms with Crippen molar-refractivity contribution >= 4 is 28.8 Å². The Balaban J connectivity index is 2.49. The summed E-state index contributed by atoms with van der Waals surface area (Å²) in [5.41, 5.74) is 6.57. The smallest absolute Gasteiger partial charge is 0.120 e. The average Bonchev–Trinajstić information content (AvgIpc) is 2.22. The molecule has 1 aromatic rings. The van der Waals surface area contributed by atoms with Crippen LogP contribution in [0.5, 0.6) is 5.75 Å². The summed E-state index contributed by atoms with van der Waals surface area (Å²) in [6, 6.07) is 5.40. The minimum atomic E-state index is 0.305. The number of rotatable bonds is 5. The molecule has 1 rings (SSSR count). The first-order chi connectivity index (χ1) is 8.29. The van der Waals surface area contributed by atoms with Gasteiger partial charge in [0, 0.05) is 5.56 Å². The monoisotopic (exact) mass is 285 g/mol. The van der Waals surface area contributed by atoms with Crippen molar-refractivity contribution in [1.29, 1.82) is 0 Å². The lowest BCUT2D eigenvalue weighted by atomic mass is 9.91. The van der Waals surface area contributed by atoms with Gasteiger partial charge in [0.1, 0.15) is 10.7 Å². The van der Waals surface area contributed by atoms with Crippen LogP contribution in [0.15, 0.2) is 18.2 Å². The average molecular weight is 286 g/mol. The first-order valence-electron chi connectivity index (χ1n) is 6.02. The Bertz CT molecular complexity index is 426. The first-order valence-corrected chi connectivity index (χ1v) is 6.80. The van der Waals surface area contributed by atoms with Gasteiger partial charge in [-0.1, -0.05) is 44.6 Å². The summed E-state index contributed by atoms with van der Waals surface area (Å²) < 4.78 is 5.65. The van der Waals surface area contributed by atoms with Crippen molar-refractivity contribution in [3.63, 3.8) is 0 Å². The number of ether oxygens (including phenoxy) is 1. The molecule has 2 N–H and O–H groups in total. The second-order valence-corrected chi connectivity index (χ2v) is 6.37. The van der Waals surface area contributed by atoms with E-state index in [0.717, 1.165) is 18.6 Å². The Hall–Kier alpha value is -0.800. The fourth-order valence-corrected chi connectivity index (χ4v) is 2.08. The number of nitrogens with two attached hydrogens (primary N) is 1. The van der Waals surface area contributed by atoms with E-state index in [4.69, 9.17) is 34.3 Å². The van der Waals surface area contributed by atoms with Gasteiger partial charge in [0.2, 0.25) is 0 Å². The van der Waals surface area contributed by atoms with E-state index in [0.29, 0.717) is 27.6 Å². The van der Waals surface area contributed by atoms with Gasteiger partial charge in [-0.2, -0.15) is 0 Å². The number of thiocarbonyl (C=S) groups is 1. The fraction of sp³-hybridized carbons (Fsp3) is 0.500. The van der Waals surface area contributed by atoms with E-state index in [1.54, 1.807) is 12.1 Å². The van der Waals surface area contributed by atoms with Gasteiger partial charge in [0.05, 0.1) is 11.6 Å². The van der Waals surface area contributed by atoms with Crippen molar-refractivity contribution in [2.75, 3.05) is 6.61 Å². The Kier molecular flexibility index (Phi) is 5.42. The minimum Gasteiger partial charge on any atom is -0.494 e. The molecule has 2 nitrogen and oxygen atoms in total. The number of hydrogen-bond donors (Lipinski definition) is 1. The van der Waals surface area contributed by atoms with Crippen LogP contribution in [0.3, 0.4) is 0 Å². The molecule has 0 aromatic heterocycles. The summed E-state index contributed by atoms with van der Waals surface area (Å²) in [5, 5.41) is 0.538. The first kappa shape index (κ1) is 15.3. The van der Waals surface area contributed by atoms with Gasteiger partial charge in [-0.25, -0.2) is 0 Å². The molecule has 0 aliphatic heterocycles. The molecule has 4 heteroatoms. The summed E-state index contributed by atoms with van der Waals surface area (Å²) in [4.78, 5) is 0.305. The van der Waals surface area contributed by atoms with Crippen molar-refractivity contribution < 1.29 is 4.74 Å². The zero-order valence-corrected chi connectivity index (χ0v) is 12.7. The van der Waals surface area contributed by atoms with E-state index in [1.807, 2.05) is 6.07 Å². The second-order valence-electron chi connectivity index (χ2n) is 5.52. The van der Waals surface area contributed by atoms with Gasteiger partial charge in [-0.3, -0.25) is 0 Å². The van der Waals surface area contributed by atoms with Crippen LogP contribution in [-0.4, -0.2) is 11.6 Å². The third kappa shape index (κ3) is 5.23. The van der Waals surface area contributed by atoms with Crippen molar-refractivity contribution in [1.82, 2.24) is 0 Å². The Morgan fingerprint density at radius 3 is 2.56 bits per heavy atom. The van der Waals surface area contributed by atoms with E-state index in [9.17, 15) is 0 Å². The molecular formula is C14H20ClNOS. The molecule has 0 saturated heterocycles. The highest BCUT2D eigenvalue weighted by Crippen LogP contribution is 2.24. The van der Waals surface area contributed by atoms with Gasteiger partial charge >= 0.3 is 0 Å². The van der Waals surface area contributed by atoms with Crippen molar-refractivity contribution in [3.05, 3.63) is 28.8 Å². The van der Waals surface area contributed by atoms with Crippen molar-refractivity contribution in [2.45, 2.75) is 33.6 Å². The van der Waals surface area contributed by atoms with Crippen molar-refractivity contribution in [2.24, 2.45) is 11.1 Å². The zero-order valence-electron chi connectivity index (χ0n) is 11.1. The van der Waals surface area contributed by atoms with Gasteiger partial charge in [-0.15, -0.1) is 0 Å². The lowest BCUT2D eigenvalue weighted by Crippen LogP contribution is -2.10. The zero-order chi connectivity index (χ0) is 13.8. The molecule has 0 radical (unpaired) electrons.